The average molecular weight is 945 g/mol. The van der Waals surface area contributed by atoms with Crippen molar-refractivity contribution < 1.29 is 44.2 Å². The third-order valence-corrected chi connectivity index (χ3v) is 12.7. The Kier molecular flexibility index (Phi) is 45.9. The number of allylic oxidation sites excluding steroid dienone is 10. The number of carbonyl (C=O) groups is 1. The average Bonchev–Trinajstić information content (AvgIpc) is 3.33. The minimum atomic E-state index is -1.54. The van der Waals surface area contributed by atoms with Gasteiger partial charge in [-0.1, -0.05) is 235 Å². The number of unbranched alkanes of at least 4 members (excludes halogenated alkanes) is 27. The van der Waals surface area contributed by atoms with E-state index in [2.05, 4.69) is 74.6 Å². The van der Waals surface area contributed by atoms with Crippen LogP contribution in [0.5, 0.6) is 0 Å². The Morgan fingerprint density at radius 2 is 0.910 bits per heavy atom. The highest BCUT2D eigenvalue weighted by molar-refractivity contribution is 5.69. The summed E-state index contributed by atoms with van der Waals surface area (Å²) in [5.41, 5.74) is 0. The summed E-state index contributed by atoms with van der Waals surface area (Å²) < 4.78 is 22.9. The molecule has 1 saturated heterocycles. The van der Waals surface area contributed by atoms with Gasteiger partial charge in [-0.25, -0.2) is 0 Å². The minimum absolute atomic E-state index is 0.119. The largest absolute Gasteiger partial charge is 0.457 e. The first-order valence-corrected chi connectivity index (χ1v) is 27.9. The molecule has 1 fully saturated rings. The van der Waals surface area contributed by atoms with E-state index in [4.69, 9.17) is 18.9 Å². The molecular weight excluding hydrogens is 841 g/mol. The molecule has 0 aliphatic carbocycles. The number of hydrogen-bond donors (Lipinski definition) is 4. The molecule has 0 aromatic rings. The molecule has 0 aromatic heterocycles. The molecule has 6 atom stereocenters. The molecule has 0 aromatic carbocycles. The van der Waals surface area contributed by atoms with Gasteiger partial charge in [0.25, 0.3) is 0 Å². The van der Waals surface area contributed by atoms with Crippen molar-refractivity contribution in [3.8, 4) is 0 Å². The fourth-order valence-corrected chi connectivity index (χ4v) is 8.40. The smallest absolute Gasteiger partial charge is 0.306 e. The highest BCUT2D eigenvalue weighted by atomic mass is 16.7. The second-order valence-electron chi connectivity index (χ2n) is 19.0. The Hall–Kier alpha value is -2.11. The summed E-state index contributed by atoms with van der Waals surface area (Å²) in [5, 5.41) is 40.3. The fourth-order valence-electron chi connectivity index (χ4n) is 8.40. The van der Waals surface area contributed by atoms with Gasteiger partial charge in [-0.15, -0.1) is 0 Å². The molecule has 67 heavy (non-hydrogen) atoms. The lowest BCUT2D eigenvalue weighted by atomic mass is 9.99. The third kappa shape index (κ3) is 39.3. The van der Waals surface area contributed by atoms with Crippen LogP contribution in [-0.2, 0) is 23.7 Å². The molecule has 390 valence electrons. The standard InChI is InChI=1S/C58H104O9/c1-3-5-7-9-11-13-15-17-19-21-23-25-27-29-31-33-35-37-39-41-43-45-47-54(60)66-52(51-65-58-57(63)56(62)55(61)53(49-59)67-58)50-64-48-46-44-42-40-38-36-34-32-30-28-26-24-22-20-18-16-14-12-10-8-6-4-2/h6,8,12,14,18,20,24,26,30,32,52-53,55-59,61-63H,3-5,7,9-11,13,15-17,19,21-23,25,27-29,31,33-51H2,1-2H3/b8-6-,14-12-,20-18-,26-24-,32-30-. The lowest BCUT2D eigenvalue weighted by molar-refractivity contribution is -0.305. The maximum atomic E-state index is 12.9. The predicted octanol–water partition coefficient (Wildman–Crippen LogP) is 14.2. The number of aliphatic hydroxyl groups excluding tert-OH is 4. The summed E-state index contributed by atoms with van der Waals surface area (Å²) in [6.07, 6.45) is 56.9. The van der Waals surface area contributed by atoms with Crippen LogP contribution in [0.1, 0.15) is 239 Å². The van der Waals surface area contributed by atoms with Gasteiger partial charge in [-0.2, -0.15) is 0 Å². The maximum absolute atomic E-state index is 12.9. The SMILES string of the molecule is CC/C=C\C/C=C\C/C=C\C/C=C\C/C=C\CCCCCCCCOCC(COC1OC(CO)C(O)C(O)C1O)OC(=O)CCCCCCCCCCCCCCCCCCCCCCCC. The summed E-state index contributed by atoms with van der Waals surface area (Å²) in [4.78, 5) is 12.9. The van der Waals surface area contributed by atoms with Gasteiger partial charge < -0.3 is 39.4 Å². The second-order valence-corrected chi connectivity index (χ2v) is 19.0. The zero-order valence-electron chi connectivity index (χ0n) is 43.1. The normalized spacial score (nSPS) is 19.6. The molecule has 0 saturated carbocycles. The Balaban J connectivity index is 2.18. The Morgan fingerprint density at radius 3 is 1.37 bits per heavy atom. The lowest BCUT2D eigenvalue weighted by Crippen LogP contribution is -2.59. The first kappa shape index (κ1) is 62.9. The van der Waals surface area contributed by atoms with Crippen LogP contribution in [0.4, 0.5) is 0 Å². The summed E-state index contributed by atoms with van der Waals surface area (Å²) in [5.74, 6) is -0.316. The van der Waals surface area contributed by atoms with E-state index in [1.165, 1.54) is 141 Å². The maximum Gasteiger partial charge on any atom is 0.306 e. The van der Waals surface area contributed by atoms with E-state index < -0.39 is 43.4 Å². The highest BCUT2D eigenvalue weighted by Crippen LogP contribution is 2.23. The molecule has 9 nitrogen and oxygen atoms in total. The summed E-state index contributed by atoms with van der Waals surface area (Å²) >= 11 is 0. The van der Waals surface area contributed by atoms with Crippen LogP contribution in [0.3, 0.4) is 0 Å². The number of rotatable bonds is 48. The van der Waals surface area contributed by atoms with Gasteiger partial charge in [0.15, 0.2) is 6.29 Å². The summed E-state index contributed by atoms with van der Waals surface area (Å²) in [6.45, 7) is 4.44. The van der Waals surface area contributed by atoms with Crippen LogP contribution < -0.4 is 0 Å². The van der Waals surface area contributed by atoms with Gasteiger partial charge in [0.1, 0.15) is 30.5 Å². The second kappa shape index (κ2) is 48.9. The Labute approximate surface area is 411 Å². The molecule has 1 heterocycles. The zero-order valence-corrected chi connectivity index (χ0v) is 43.1. The molecule has 1 aliphatic heterocycles. The van der Waals surface area contributed by atoms with Crippen molar-refractivity contribution in [1.82, 2.24) is 0 Å². The quantitative estimate of drug-likeness (QED) is 0.0267. The van der Waals surface area contributed by atoms with Gasteiger partial charge >= 0.3 is 5.97 Å². The van der Waals surface area contributed by atoms with Crippen LogP contribution in [-0.4, -0.2) is 89.6 Å². The summed E-state index contributed by atoms with van der Waals surface area (Å²) in [7, 11) is 0. The van der Waals surface area contributed by atoms with Crippen LogP contribution in [0.2, 0.25) is 0 Å². The first-order valence-electron chi connectivity index (χ1n) is 27.9. The molecule has 4 N–H and O–H groups in total. The third-order valence-electron chi connectivity index (χ3n) is 12.7. The number of aliphatic hydroxyl groups is 4. The van der Waals surface area contributed by atoms with E-state index in [1.54, 1.807) is 0 Å². The minimum Gasteiger partial charge on any atom is -0.457 e. The van der Waals surface area contributed by atoms with E-state index >= 15 is 0 Å². The Morgan fingerprint density at radius 1 is 0.493 bits per heavy atom. The van der Waals surface area contributed by atoms with Gasteiger partial charge in [0.2, 0.25) is 0 Å². The van der Waals surface area contributed by atoms with Crippen LogP contribution in [0.25, 0.3) is 0 Å². The van der Waals surface area contributed by atoms with Gasteiger partial charge in [-0.05, 0) is 57.8 Å². The van der Waals surface area contributed by atoms with Crippen molar-refractivity contribution >= 4 is 5.97 Å². The Bertz CT molecular complexity index is 1210. The number of hydrogen-bond acceptors (Lipinski definition) is 9. The van der Waals surface area contributed by atoms with E-state index in [9.17, 15) is 25.2 Å². The molecule has 0 amide bonds. The lowest BCUT2D eigenvalue weighted by Gasteiger charge is -2.39. The predicted molar refractivity (Wildman–Crippen MR) is 279 cm³/mol. The molecule has 6 unspecified atom stereocenters. The van der Waals surface area contributed by atoms with Crippen molar-refractivity contribution in [2.75, 3.05) is 26.4 Å². The molecule has 0 radical (unpaired) electrons. The zero-order chi connectivity index (χ0) is 48.5. The van der Waals surface area contributed by atoms with Crippen molar-refractivity contribution in [2.45, 2.75) is 275 Å². The van der Waals surface area contributed by atoms with Crippen molar-refractivity contribution in [3.05, 3.63) is 60.8 Å². The molecule has 1 aliphatic rings. The number of carbonyl (C=O) groups excluding carboxylic acids is 1. The van der Waals surface area contributed by atoms with E-state index in [0.29, 0.717) is 13.0 Å². The molecule has 9 heteroatoms. The van der Waals surface area contributed by atoms with E-state index in [0.717, 1.165) is 77.0 Å². The monoisotopic (exact) mass is 945 g/mol. The molecule has 1 rings (SSSR count). The molecule has 0 bridgehead atoms. The van der Waals surface area contributed by atoms with Crippen LogP contribution >= 0.6 is 0 Å². The van der Waals surface area contributed by atoms with Crippen LogP contribution in [0, 0.1) is 0 Å². The van der Waals surface area contributed by atoms with Gasteiger partial charge in [0.05, 0.1) is 19.8 Å². The van der Waals surface area contributed by atoms with Crippen molar-refractivity contribution in [1.29, 1.82) is 0 Å². The van der Waals surface area contributed by atoms with Crippen molar-refractivity contribution in [2.24, 2.45) is 0 Å². The summed E-state index contributed by atoms with van der Waals surface area (Å²) in [6, 6.07) is 0. The van der Waals surface area contributed by atoms with Crippen molar-refractivity contribution in [3.63, 3.8) is 0 Å². The first-order chi connectivity index (χ1) is 32.9. The highest BCUT2D eigenvalue weighted by Gasteiger charge is 2.44. The molecular formula is C58H104O9. The van der Waals surface area contributed by atoms with Gasteiger partial charge in [-0.3, -0.25) is 4.79 Å². The number of ether oxygens (including phenoxy) is 4. The van der Waals surface area contributed by atoms with Gasteiger partial charge in [0, 0.05) is 13.0 Å². The van der Waals surface area contributed by atoms with Crippen LogP contribution in [0.15, 0.2) is 60.8 Å². The van der Waals surface area contributed by atoms with E-state index in [1.807, 2.05) is 0 Å². The fraction of sp³-hybridized carbons (Fsp3) is 0.810. The van der Waals surface area contributed by atoms with E-state index in [-0.39, 0.29) is 19.2 Å². The topological polar surface area (TPSA) is 135 Å². The molecule has 0 spiro atoms. The number of esters is 1.